The van der Waals surface area contributed by atoms with Crippen molar-refractivity contribution in [3.05, 3.63) is 77.5 Å². The molecule has 0 aliphatic rings. The molecule has 2 aromatic carbocycles. The SMILES string of the molecule is O=Cc1ccc(-c2ccc(C(F)(F)F)cc2)c(-c2ccc(C(F)(F)F)cc2)n1. The molecule has 0 radical (unpaired) electrons. The maximum absolute atomic E-state index is 12.8. The van der Waals surface area contributed by atoms with Crippen LogP contribution in [0.2, 0.25) is 0 Å². The topological polar surface area (TPSA) is 30.0 Å². The fraction of sp³-hybridized carbons (Fsp3) is 0.100. The van der Waals surface area contributed by atoms with Crippen LogP contribution in [0.4, 0.5) is 26.3 Å². The first kappa shape index (κ1) is 19.6. The van der Waals surface area contributed by atoms with Gasteiger partial charge < -0.3 is 0 Å². The highest BCUT2D eigenvalue weighted by atomic mass is 19.4. The molecule has 1 aromatic heterocycles. The second kappa shape index (κ2) is 7.10. The summed E-state index contributed by atoms with van der Waals surface area (Å²) in [6.07, 6.45) is -8.52. The van der Waals surface area contributed by atoms with Gasteiger partial charge in [-0.05, 0) is 42.0 Å². The van der Waals surface area contributed by atoms with Crippen molar-refractivity contribution in [3.63, 3.8) is 0 Å². The van der Waals surface area contributed by atoms with Crippen molar-refractivity contribution < 1.29 is 31.1 Å². The van der Waals surface area contributed by atoms with E-state index in [4.69, 9.17) is 0 Å². The van der Waals surface area contributed by atoms with E-state index in [1.165, 1.54) is 36.4 Å². The summed E-state index contributed by atoms with van der Waals surface area (Å²) < 4.78 is 76.6. The number of carbonyl (C=O) groups is 1. The number of aldehydes is 1. The van der Waals surface area contributed by atoms with E-state index in [9.17, 15) is 31.1 Å². The molecule has 0 bridgehead atoms. The van der Waals surface area contributed by atoms with E-state index in [0.717, 1.165) is 24.3 Å². The molecule has 0 N–H and O–H groups in total. The predicted octanol–water partition coefficient (Wildman–Crippen LogP) is 6.27. The number of rotatable bonds is 3. The quantitative estimate of drug-likeness (QED) is 0.387. The number of hydrogen-bond acceptors (Lipinski definition) is 2. The van der Waals surface area contributed by atoms with Crippen LogP contribution in [0, 0.1) is 0 Å². The van der Waals surface area contributed by atoms with E-state index < -0.39 is 23.5 Å². The Morgan fingerprint density at radius 2 is 1.11 bits per heavy atom. The lowest BCUT2D eigenvalue weighted by molar-refractivity contribution is -0.138. The molecule has 0 aliphatic carbocycles. The zero-order valence-electron chi connectivity index (χ0n) is 14.0. The van der Waals surface area contributed by atoms with Crippen LogP contribution < -0.4 is 0 Å². The summed E-state index contributed by atoms with van der Waals surface area (Å²) in [5.74, 6) is 0. The maximum Gasteiger partial charge on any atom is 0.416 e. The third-order valence-electron chi connectivity index (χ3n) is 4.05. The number of nitrogens with zero attached hydrogens (tertiary/aromatic N) is 1. The molecule has 3 aromatic rings. The number of hydrogen-bond donors (Lipinski definition) is 0. The molecule has 0 amide bonds. The molecule has 0 atom stereocenters. The molecule has 0 fully saturated rings. The molecule has 0 aliphatic heterocycles. The van der Waals surface area contributed by atoms with Crippen LogP contribution in [0.1, 0.15) is 21.6 Å². The van der Waals surface area contributed by atoms with Gasteiger partial charge in [0.05, 0.1) is 16.8 Å². The van der Waals surface area contributed by atoms with Crippen molar-refractivity contribution in [3.8, 4) is 22.4 Å². The van der Waals surface area contributed by atoms with Gasteiger partial charge in [-0.15, -0.1) is 0 Å². The standard InChI is InChI=1S/C20H11F6NO/c21-19(22,23)14-5-1-12(2-6-14)17-10-9-16(11-28)27-18(17)13-3-7-15(8-4-13)20(24,25)26/h1-11H. The van der Waals surface area contributed by atoms with Gasteiger partial charge in [-0.2, -0.15) is 26.3 Å². The minimum atomic E-state index is -4.51. The summed E-state index contributed by atoms with van der Waals surface area (Å²) in [5.41, 5.74) is -0.370. The Kier molecular flexibility index (Phi) is 4.97. The molecule has 2 nitrogen and oxygen atoms in total. The minimum absolute atomic E-state index is 0.0468. The van der Waals surface area contributed by atoms with Crippen LogP contribution in [0.25, 0.3) is 22.4 Å². The van der Waals surface area contributed by atoms with Crippen molar-refractivity contribution in [2.75, 3.05) is 0 Å². The Labute approximate surface area is 155 Å². The lowest BCUT2D eigenvalue weighted by atomic mass is 9.97. The van der Waals surface area contributed by atoms with Gasteiger partial charge in [-0.1, -0.05) is 24.3 Å². The molecule has 3 rings (SSSR count). The van der Waals surface area contributed by atoms with Gasteiger partial charge in [0.1, 0.15) is 5.69 Å². The summed E-state index contributed by atoms with van der Waals surface area (Å²) in [4.78, 5) is 15.2. The first-order valence-electron chi connectivity index (χ1n) is 7.91. The van der Waals surface area contributed by atoms with Crippen molar-refractivity contribution >= 4 is 6.29 Å². The van der Waals surface area contributed by atoms with Gasteiger partial charge in [0, 0.05) is 11.1 Å². The van der Waals surface area contributed by atoms with Crippen LogP contribution in [-0.4, -0.2) is 11.3 Å². The molecule has 0 unspecified atom stereocenters. The molecular formula is C20H11F6NO. The minimum Gasteiger partial charge on any atom is -0.296 e. The van der Waals surface area contributed by atoms with Crippen molar-refractivity contribution in [1.82, 2.24) is 4.98 Å². The highest BCUT2D eigenvalue weighted by Crippen LogP contribution is 2.36. The Morgan fingerprint density at radius 1 is 0.643 bits per heavy atom. The molecule has 0 spiro atoms. The van der Waals surface area contributed by atoms with Gasteiger partial charge in [-0.25, -0.2) is 4.98 Å². The third kappa shape index (κ3) is 4.05. The molecule has 8 heteroatoms. The first-order chi connectivity index (χ1) is 13.1. The largest absolute Gasteiger partial charge is 0.416 e. The normalized spacial score (nSPS) is 12.1. The lowest BCUT2D eigenvalue weighted by Gasteiger charge is -2.13. The summed E-state index contributed by atoms with van der Waals surface area (Å²) in [5, 5.41) is 0. The Morgan fingerprint density at radius 3 is 1.54 bits per heavy atom. The van der Waals surface area contributed by atoms with Gasteiger partial charge in [-0.3, -0.25) is 4.79 Å². The smallest absolute Gasteiger partial charge is 0.296 e. The lowest BCUT2D eigenvalue weighted by Crippen LogP contribution is -2.05. The monoisotopic (exact) mass is 395 g/mol. The zero-order valence-corrected chi connectivity index (χ0v) is 14.0. The second-order valence-corrected chi connectivity index (χ2v) is 5.90. The predicted molar refractivity (Wildman–Crippen MR) is 90.5 cm³/mol. The zero-order chi connectivity index (χ0) is 20.5. The van der Waals surface area contributed by atoms with E-state index >= 15 is 0 Å². The number of halogens is 6. The number of aromatic nitrogens is 1. The number of alkyl halides is 6. The fourth-order valence-electron chi connectivity index (χ4n) is 2.65. The van der Waals surface area contributed by atoms with Crippen molar-refractivity contribution in [2.45, 2.75) is 12.4 Å². The van der Waals surface area contributed by atoms with E-state index in [2.05, 4.69) is 4.98 Å². The van der Waals surface area contributed by atoms with Crippen LogP contribution in [-0.2, 0) is 12.4 Å². The summed E-state index contributed by atoms with van der Waals surface area (Å²) in [6, 6.07) is 11.3. The van der Waals surface area contributed by atoms with Gasteiger partial charge in [0.25, 0.3) is 0 Å². The Balaban J connectivity index is 2.10. The number of pyridine rings is 1. The second-order valence-electron chi connectivity index (χ2n) is 5.90. The van der Waals surface area contributed by atoms with Gasteiger partial charge in [0.2, 0.25) is 0 Å². The summed E-state index contributed by atoms with van der Waals surface area (Å²) in [6.45, 7) is 0. The molecular weight excluding hydrogens is 384 g/mol. The van der Waals surface area contributed by atoms with Crippen molar-refractivity contribution in [1.29, 1.82) is 0 Å². The van der Waals surface area contributed by atoms with E-state index in [-0.39, 0.29) is 11.4 Å². The molecule has 28 heavy (non-hydrogen) atoms. The average Bonchev–Trinajstić information content (AvgIpc) is 2.66. The fourth-order valence-corrected chi connectivity index (χ4v) is 2.65. The molecule has 1 heterocycles. The average molecular weight is 395 g/mol. The molecule has 0 saturated heterocycles. The van der Waals surface area contributed by atoms with Crippen LogP contribution >= 0.6 is 0 Å². The van der Waals surface area contributed by atoms with Crippen LogP contribution in [0.3, 0.4) is 0 Å². The molecule has 0 saturated carbocycles. The van der Waals surface area contributed by atoms with Gasteiger partial charge in [0.15, 0.2) is 6.29 Å². The highest BCUT2D eigenvalue weighted by Gasteiger charge is 2.31. The van der Waals surface area contributed by atoms with Gasteiger partial charge >= 0.3 is 12.4 Å². The maximum atomic E-state index is 12.8. The summed E-state index contributed by atoms with van der Waals surface area (Å²) in [7, 11) is 0. The Hall–Kier alpha value is -3.16. The Bertz CT molecular complexity index is 989. The summed E-state index contributed by atoms with van der Waals surface area (Å²) >= 11 is 0. The van der Waals surface area contributed by atoms with E-state index in [0.29, 0.717) is 23.0 Å². The van der Waals surface area contributed by atoms with E-state index in [1.54, 1.807) is 0 Å². The highest BCUT2D eigenvalue weighted by molar-refractivity contribution is 5.84. The number of benzene rings is 2. The van der Waals surface area contributed by atoms with Crippen LogP contribution in [0.15, 0.2) is 60.7 Å². The van der Waals surface area contributed by atoms with E-state index in [1.807, 2.05) is 0 Å². The van der Waals surface area contributed by atoms with Crippen molar-refractivity contribution in [2.24, 2.45) is 0 Å². The first-order valence-corrected chi connectivity index (χ1v) is 7.91. The molecule has 144 valence electrons. The third-order valence-corrected chi connectivity index (χ3v) is 4.05. The van der Waals surface area contributed by atoms with Crippen LogP contribution in [0.5, 0.6) is 0 Å². The number of carbonyl (C=O) groups excluding carboxylic acids is 1.